The maximum atomic E-state index is 13.8. The number of nitrogens with zero attached hydrogens (tertiary/aromatic N) is 4. The lowest BCUT2D eigenvalue weighted by Crippen LogP contribution is -2.21. The first-order valence-corrected chi connectivity index (χ1v) is 7.96. The summed E-state index contributed by atoms with van der Waals surface area (Å²) in [5.41, 5.74) is 1.23. The van der Waals surface area contributed by atoms with Gasteiger partial charge >= 0.3 is 0 Å². The number of halogens is 1. The van der Waals surface area contributed by atoms with Crippen molar-refractivity contribution in [3.05, 3.63) is 55.0 Å². The van der Waals surface area contributed by atoms with E-state index in [0.29, 0.717) is 16.7 Å². The van der Waals surface area contributed by atoms with Crippen molar-refractivity contribution in [2.45, 2.75) is 18.5 Å². The van der Waals surface area contributed by atoms with E-state index in [1.165, 1.54) is 23.6 Å². The van der Waals surface area contributed by atoms with Crippen LogP contribution >= 0.6 is 0 Å². The van der Waals surface area contributed by atoms with Gasteiger partial charge in [0.25, 0.3) is 5.91 Å². The minimum Gasteiger partial charge on any atom is -0.394 e. The molecule has 1 amide bonds. The summed E-state index contributed by atoms with van der Waals surface area (Å²) in [6.45, 7) is -0.422. The molecule has 3 heterocycles. The maximum absolute atomic E-state index is 13.8. The van der Waals surface area contributed by atoms with Gasteiger partial charge in [-0.25, -0.2) is 19.3 Å². The normalized spacial score (nSPS) is 22.6. The van der Waals surface area contributed by atoms with Crippen LogP contribution in [0, 0.1) is 6.42 Å². The fourth-order valence-electron chi connectivity index (χ4n) is 2.78. The number of aliphatic hydroxyl groups is 1. The van der Waals surface area contributed by atoms with E-state index in [1.54, 1.807) is 24.3 Å². The highest BCUT2D eigenvalue weighted by Gasteiger charge is 2.37. The first kappa shape index (κ1) is 16.6. The van der Waals surface area contributed by atoms with Crippen LogP contribution in [0.3, 0.4) is 0 Å². The first-order valence-electron chi connectivity index (χ1n) is 7.96. The molecule has 133 valence electrons. The number of fused-ring (bicyclic) bond motifs is 1. The lowest BCUT2D eigenvalue weighted by Gasteiger charge is -2.13. The number of hydrogen-bond acceptors (Lipinski definition) is 6. The third-order valence-corrected chi connectivity index (χ3v) is 4.10. The number of carbonyl (C=O) groups excluding carboxylic acids is 1. The molecule has 3 aromatic rings. The molecule has 1 saturated heterocycles. The number of carbonyl (C=O) groups is 1. The first-order chi connectivity index (χ1) is 12.7. The smallest absolute Gasteiger partial charge is 0.256 e. The zero-order valence-electron chi connectivity index (χ0n) is 13.5. The summed E-state index contributed by atoms with van der Waals surface area (Å²) in [5.74, 6) is -0.0795. The van der Waals surface area contributed by atoms with Gasteiger partial charge in [0.15, 0.2) is 17.0 Å². The van der Waals surface area contributed by atoms with Crippen molar-refractivity contribution in [1.82, 2.24) is 19.5 Å². The van der Waals surface area contributed by atoms with Gasteiger partial charge in [0.2, 0.25) is 0 Å². The van der Waals surface area contributed by atoms with Gasteiger partial charge in [0.1, 0.15) is 24.8 Å². The molecule has 9 heteroatoms. The SMILES string of the molecule is O=C(Nc1ncnc2c1ncn2[C@H]1[CH][C@H](F)[C@@H](CO)O1)c1ccccc1. The number of nitrogens with one attached hydrogen (secondary N) is 1. The molecule has 0 aliphatic carbocycles. The average molecular weight is 356 g/mol. The number of hydrogen-bond donors (Lipinski definition) is 2. The van der Waals surface area contributed by atoms with Gasteiger partial charge < -0.3 is 15.2 Å². The fourth-order valence-corrected chi connectivity index (χ4v) is 2.78. The van der Waals surface area contributed by atoms with Crippen LogP contribution in [0.2, 0.25) is 0 Å². The molecular formula is C17H15FN5O3. The Kier molecular flexibility index (Phi) is 4.31. The highest BCUT2D eigenvalue weighted by Crippen LogP contribution is 2.32. The Morgan fingerprint density at radius 1 is 1.27 bits per heavy atom. The lowest BCUT2D eigenvalue weighted by atomic mass is 10.2. The number of benzene rings is 1. The molecule has 1 aliphatic rings. The van der Waals surface area contributed by atoms with E-state index in [-0.39, 0.29) is 11.7 Å². The van der Waals surface area contributed by atoms with Crippen molar-refractivity contribution in [2.24, 2.45) is 0 Å². The van der Waals surface area contributed by atoms with Gasteiger partial charge in [-0.3, -0.25) is 9.36 Å². The molecule has 26 heavy (non-hydrogen) atoms. The van der Waals surface area contributed by atoms with E-state index >= 15 is 0 Å². The molecule has 0 unspecified atom stereocenters. The van der Waals surface area contributed by atoms with Crippen molar-refractivity contribution >= 4 is 22.9 Å². The predicted octanol–water partition coefficient (Wildman–Crippen LogP) is 1.51. The number of alkyl halides is 1. The Bertz CT molecular complexity index is 933. The summed E-state index contributed by atoms with van der Waals surface area (Å²) in [5, 5.41) is 11.8. The topological polar surface area (TPSA) is 102 Å². The number of aromatic nitrogens is 4. The lowest BCUT2D eigenvalue weighted by molar-refractivity contribution is -0.0294. The third kappa shape index (κ3) is 2.91. The standard InChI is InChI=1S/C17H15FN5O3/c18-11-6-13(26-12(11)7-24)23-9-21-14-15(19-8-20-16(14)23)22-17(25)10-4-2-1-3-5-10/h1-6,8-9,11-13,24H,7H2,(H,19,20,22,25)/t11-,12+,13+/m0/s1. The second kappa shape index (κ2) is 6.77. The average Bonchev–Trinajstić information content (AvgIpc) is 3.26. The zero-order valence-corrected chi connectivity index (χ0v) is 13.5. The Hall–Kier alpha value is -2.91. The van der Waals surface area contributed by atoms with E-state index in [9.17, 15) is 9.18 Å². The van der Waals surface area contributed by atoms with E-state index < -0.39 is 25.1 Å². The zero-order chi connectivity index (χ0) is 18.1. The maximum Gasteiger partial charge on any atom is 0.256 e. The summed E-state index contributed by atoms with van der Waals surface area (Å²) < 4.78 is 20.8. The molecule has 0 spiro atoms. The minimum atomic E-state index is -1.39. The van der Waals surface area contributed by atoms with Gasteiger partial charge in [-0.05, 0) is 12.1 Å². The predicted molar refractivity (Wildman–Crippen MR) is 89.9 cm³/mol. The highest BCUT2D eigenvalue weighted by molar-refractivity contribution is 6.06. The van der Waals surface area contributed by atoms with Crippen LogP contribution in [0.5, 0.6) is 0 Å². The van der Waals surface area contributed by atoms with E-state index in [0.717, 1.165) is 0 Å². The second-order valence-electron chi connectivity index (χ2n) is 5.75. The third-order valence-electron chi connectivity index (χ3n) is 4.10. The number of aliphatic hydroxyl groups excluding tert-OH is 1. The van der Waals surface area contributed by atoms with Crippen molar-refractivity contribution in [2.75, 3.05) is 11.9 Å². The van der Waals surface area contributed by atoms with Gasteiger partial charge in [0.05, 0.1) is 12.9 Å². The Balaban J connectivity index is 1.63. The highest BCUT2D eigenvalue weighted by atomic mass is 19.1. The van der Waals surface area contributed by atoms with Gasteiger partial charge in [-0.2, -0.15) is 0 Å². The van der Waals surface area contributed by atoms with Gasteiger partial charge in [0, 0.05) is 12.0 Å². The van der Waals surface area contributed by atoms with Crippen molar-refractivity contribution in [3.8, 4) is 0 Å². The Morgan fingerprint density at radius 2 is 2.08 bits per heavy atom. The monoisotopic (exact) mass is 356 g/mol. The van der Waals surface area contributed by atoms with E-state index in [2.05, 4.69) is 20.3 Å². The van der Waals surface area contributed by atoms with Gasteiger partial charge in [-0.1, -0.05) is 18.2 Å². The molecular weight excluding hydrogens is 341 g/mol. The van der Waals surface area contributed by atoms with Crippen LogP contribution in [0.4, 0.5) is 10.2 Å². The molecule has 8 nitrogen and oxygen atoms in total. The van der Waals surface area contributed by atoms with Gasteiger partial charge in [-0.15, -0.1) is 0 Å². The molecule has 3 atom stereocenters. The van der Waals surface area contributed by atoms with Crippen LogP contribution in [0.25, 0.3) is 11.2 Å². The summed E-state index contributed by atoms with van der Waals surface area (Å²) in [7, 11) is 0. The molecule has 1 aliphatic heterocycles. The van der Waals surface area contributed by atoms with E-state index in [1.807, 2.05) is 6.07 Å². The van der Waals surface area contributed by atoms with Crippen LogP contribution in [0.1, 0.15) is 16.6 Å². The summed E-state index contributed by atoms with van der Waals surface area (Å²) >= 11 is 0. The van der Waals surface area contributed by atoms with Crippen LogP contribution in [0.15, 0.2) is 43.0 Å². The van der Waals surface area contributed by atoms with E-state index in [4.69, 9.17) is 9.84 Å². The van der Waals surface area contributed by atoms with Crippen LogP contribution in [-0.2, 0) is 4.74 Å². The number of rotatable bonds is 4. The summed E-state index contributed by atoms with van der Waals surface area (Å²) in [6, 6.07) is 8.71. The van der Waals surface area contributed by atoms with Crippen molar-refractivity contribution < 1.29 is 19.0 Å². The fraction of sp³-hybridized carbons (Fsp3) is 0.235. The van der Waals surface area contributed by atoms with Crippen molar-refractivity contribution in [3.63, 3.8) is 0 Å². The largest absolute Gasteiger partial charge is 0.394 e. The minimum absolute atomic E-state index is 0.246. The summed E-state index contributed by atoms with van der Waals surface area (Å²) in [6.07, 6.45) is 0.988. The Labute approximate surface area is 147 Å². The molecule has 1 radical (unpaired) electrons. The molecule has 0 saturated carbocycles. The van der Waals surface area contributed by atoms with Crippen LogP contribution < -0.4 is 5.32 Å². The number of imidazole rings is 1. The number of ether oxygens (including phenoxy) is 1. The molecule has 1 fully saturated rings. The molecule has 2 N–H and O–H groups in total. The summed E-state index contributed by atoms with van der Waals surface area (Å²) in [4.78, 5) is 24.8. The van der Waals surface area contributed by atoms with Crippen LogP contribution in [-0.4, -0.2) is 49.4 Å². The quantitative estimate of drug-likeness (QED) is 0.735. The molecule has 4 rings (SSSR count). The number of anilines is 1. The second-order valence-corrected chi connectivity index (χ2v) is 5.75. The molecule has 0 bridgehead atoms. The Morgan fingerprint density at radius 3 is 2.81 bits per heavy atom. The molecule has 2 aromatic heterocycles. The number of amides is 1. The van der Waals surface area contributed by atoms with Crippen molar-refractivity contribution in [1.29, 1.82) is 0 Å². The molecule has 1 aromatic carbocycles.